The van der Waals surface area contributed by atoms with E-state index in [-0.39, 0.29) is 23.6 Å². The van der Waals surface area contributed by atoms with Gasteiger partial charge in [0.05, 0.1) is 23.7 Å². The fraction of sp³-hybridized carbons (Fsp3) is 0.320. The molecule has 34 heavy (non-hydrogen) atoms. The fourth-order valence-corrected chi connectivity index (χ4v) is 5.30. The number of aromatic nitrogens is 3. The number of aromatic hydroxyl groups is 1. The lowest BCUT2D eigenvalue weighted by molar-refractivity contribution is 0.381. The van der Waals surface area contributed by atoms with Crippen LogP contribution in [0.5, 0.6) is 11.8 Å². The van der Waals surface area contributed by atoms with Crippen LogP contribution in [0.15, 0.2) is 30.5 Å². The van der Waals surface area contributed by atoms with Crippen molar-refractivity contribution in [3.63, 3.8) is 0 Å². The number of phenols is 1. The van der Waals surface area contributed by atoms with E-state index in [2.05, 4.69) is 24.1 Å². The van der Waals surface area contributed by atoms with Crippen LogP contribution in [0, 0.1) is 5.82 Å². The third-order valence-electron chi connectivity index (χ3n) is 6.44. The first-order chi connectivity index (χ1) is 16.4. The topological polar surface area (TPSA) is 97.4 Å². The van der Waals surface area contributed by atoms with Gasteiger partial charge in [-0.15, -0.1) is 9.24 Å². The standard InChI is InChI=1S/C25H27FN5O2P/c1-3-16-19(26)7-6-13-9-15(32)10-17(20(13)16)21-23(34)22-18(11-28-21)24(30-25(29-22)33-2)31-8-4-5-14(27)12-31/h6-7,9-11,14,32H,3-5,8,12,27,34H2,1-2H3. The molecule has 9 heteroatoms. The van der Waals surface area contributed by atoms with Gasteiger partial charge in [-0.1, -0.05) is 13.0 Å². The fourth-order valence-electron chi connectivity index (χ4n) is 4.85. The quantitative estimate of drug-likeness (QED) is 0.431. The molecule has 0 spiro atoms. The van der Waals surface area contributed by atoms with Crippen LogP contribution in [0.4, 0.5) is 10.2 Å². The van der Waals surface area contributed by atoms with Crippen molar-refractivity contribution >= 4 is 42.0 Å². The molecule has 0 radical (unpaired) electrons. The van der Waals surface area contributed by atoms with Crippen molar-refractivity contribution in [2.45, 2.75) is 32.2 Å². The summed E-state index contributed by atoms with van der Waals surface area (Å²) in [4.78, 5) is 16.2. The highest BCUT2D eigenvalue weighted by Gasteiger charge is 2.24. The number of rotatable bonds is 4. The van der Waals surface area contributed by atoms with Gasteiger partial charge in [-0.2, -0.15) is 9.97 Å². The zero-order chi connectivity index (χ0) is 24.0. The molecule has 2 aromatic carbocycles. The van der Waals surface area contributed by atoms with E-state index < -0.39 is 0 Å². The second-order valence-electron chi connectivity index (χ2n) is 8.64. The van der Waals surface area contributed by atoms with Gasteiger partial charge in [0.15, 0.2) is 0 Å². The van der Waals surface area contributed by atoms with Gasteiger partial charge in [-0.25, -0.2) is 4.39 Å². The van der Waals surface area contributed by atoms with Gasteiger partial charge in [0.1, 0.15) is 17.4 Å². The van der Waals surface area contributed by atoms with E-state index in [1.54, 1.807) is 24.4 Å². The minimum absolute atomic E-state index is 0.0773. The van der Waals surface area contributed by atoms with Crippen LogP contribution in [-0.4, -0.2) is 46.3 Å². The van der Waals surface area contributed by atoms with Gasteiger partial charge < -0.3 is 20.5 Å². The second kappa shape index (κ2) is 8.93. The van der Waals surface area contributed by atoms with E-state index in [0.29, 0.717) is 35.3 Å². The maximum atomic E-state index is 14.7. The summed E-state index contributed by atoms with van der Waals surface area (Å²) in [5.74, 6) is 0.548. The summed E-state index contributed by atoms with van der Waals surface area (Å²) in [6.07, 6.45) is 4.22. The summed E-state index contributed by atoms with van der Waals surface area (Å²) in [6, 6.07) is 6.72. The minimum atomic E-state index is -0.277. The first-order valence-electron chi connectivity index (χ1n) is 11.4. The molecule has 3 heterocycles. The van der Waals surface area contributed by atoms with Crippen LogP contribution in [0.3, 0.4) is 0 Å². The molecule has 3 N–H and O–H groups in total. The molecule has 0 bridgehead atoms. The Balaban J connectivity index is 1.78. The number of fused-ring (bicyclic) bond motifs is 2. The molecule has 0 aliphatic carbocycles. The molecule has 1 aliphatic heterocycles. The number of pyridine rings is 1. The maximum Gasteiger partial charge on any atom is 0.318 e. The molecule has 2 aromatic heterocycles. The first kappa shape index (κ1) is 22.7. The number of piperidine rings is 1. The van der Waals surface area contributed by atoms with Crippen molar-refractivity contribution < 1.29 is 14.2 Å². The lowest BCUT2D eigenvalue weighted by atomic mass is 9.94. The predicted molar refractivity (Wildman–Crippen MR) is 137 cm³/mol. The van der Waals surface area contributed by atoms with Gasteiger partial charge in [0, 0.05) is 36.2 Å². The summed E-state index contributed by atoms with van der Waals surface area (Å²) in [7, 11) is 4.26. The Morgan fingerprint density at radius 2 is 2.12 bits per heavy atom. The summed E-state index contributed by atoms with van der Waals surface area (Å²) in [6.45, 7) is 3.45. The highest BCUT2D eigenvalue weighted by molar-refractivity contribution is 7.28. The molecule has 0 saturated carbocycles. The van der Waals surface area contributed by atoms with Crippen molar-refractivity contribution in [2.24, 2.45) is 5.73 Å². The molecule has 176 valence electrons. The van der Waals surface area contributed by atoms with Crippen molar-refractivity contribution in [1.29, 1.82) is 0 Å². The zero-order valence-corrected chi connectivity index (χ0v) is 20.3. The van der Waals surface area contributed by atoms with E-state index in [4.69, 9.17) is 15.5 Å². The van der Waals surface area contributed by atoms with Crippen LogP contribution < -0.4 is 20.7 Å². The summed E-state index contributed by atoms with van der Waals surface area (Å²) in [5.41, 5.74) is 8.73. The largest absolute Gasteiger partial charge is 0.508 e. The van der Waals surface area contributed by atoms with E-state index in [1.807, 2.05) is 6.92 Å². The highest BCUT2D eigenvalue weighted by Crippen LogP contribution is 2.37. The summed E-state index contributed by atoms with van der Waals surface area (Å²) < 4.78 is 20.1. The number of ether oxygens (including phenoxy) is 1. The molecule has 2 unspecified atom stereocenters. The van der Waals surface area contributed by atoms with E-state index in [9.17, 15) is 9.50 Å². The van der Waals surface area contributed by atoms with Crippen molar-refractivity contribution in [2.75, 3.05) is 25.1 Å². The van der Waals surface area contributed by atoms with E-state index >= 15 is 0 Å². The zero-order valence-electron chi connectivity index (χ0n) is 19.2. The third-order valence-corrected chi connectivity index (χ3v) is 6.99. The smallest absolute Gasteiger partial charge is 0.318 e. The normalized spacial score (nSPS) is 16.4. The molecule has 2 atom stereocenters. The third kappa shape index (κ3) is 3.81. The van der Waals surface area contributed by atoms with Gasteiger partial charge in [-0.05, 0) is 53.8 Å². The van der Waals surface area contributed by atoms with E-state index in [0.717, 1.165) is 46.7 Å². The Morgan fingerprint density at radius 3 is 2.85 bits per heavy atom. The number of aryl methyl sites for hydroxylation is 1. The summed E-state index contributed by atoms with van der Waals surface area (Å²) >= 11 is 0. The Labute approximate surface area is 199 Å². The highest BCUT2D eigenvalue weighted by atomic mass is 31.0. The number of nitrogens with two attached hydrogens (primary N) is 1. The molecular weight excluding hydrogens is 452 g/mol. The number of methoxy groups -OCH3 is 1. The van der Waals surface area contributed by atoms with Crippen molar-refractivity contribution in [1.82, 2.24) is 15.0 Å². The van der Waals surface area contributed by atoms with Crippen molar-refractivity contribution in [3.05, 3.63) is 41.8 Å². The number of phenolic OH excluding ortho intramolecular Hbond substituents is 1. The SMILES string of the molecule is CCc1c(F)ccc2cc(O)cc(-c3ncc4c(N5CCCC(N)C5)nc(OC)nc4c3P)c12. The molecule has 1 aliphatic rings. The molecule has 5 rings (SSSR count). The van der Waals surface area contributed by atoms with Gasteiger partial charge >= 0.3 is 6.01 Å². The van der Waals surface area contributed by atoms with Crippen LogP contribution in [-0.2, 0) is 6.42 Å². The molecule has 1 fully saturated rings. The van der Waals surface area contributed by atoms with E-state index in [1.165, 1.54) is 13.2 Å². The molecule has 7 nitrogen and oxygen atoms in total. The first-order valence-corrected chi connectivity index (χ1v) is 11.9. The molecule has 0 amide bonds. The minimum Gasteiger partial charge on any atom is -0.508 e. The van der Waals surface area contributed by atoms with Crippen LogP contribution >= 0.6 is 9.24 Å². The molecular formula is C25H27FN5O2P. The average molecular weight is 479 g/mol. The predicted octanol–water partition coefficient (Wildman–Crippen LogP) is 3.69. The molecule has 4 aromatic rings. The second-order valence-corrected chi connectivity index (χ2v) is 9.21. The van der Waals surface area contributed by atoms with Crippen LogP contribution in [0.1, 0.15) is 25.3 Å². The number of hydrogen-bond acceptors (Lipinski definition) is 7. The van der Waals surface area contributed by atoms with Gasteiger partial charge in [0.25, 0.3) is 0 Å². The van der Waals surface area contributed by atoms with Gasteiger partial charge in [0.2, 0.25) is 0 Å². The van der Waals surface area contributed by atoms with Gasteiger partial charge in [-0.3, -0.25) is 4.98 Å². The van der Waals surface area contributed by atoms with Crippen molar-refractivity contribution in [3.8, 4) is 23.0 Å². The number of halogens is 1. The summed E-state index contributed by atoms with van der Waals surface area (Å²) in [5, 5.41) is 13.4. The number of hydrogen-bond donors (Lipinski definition) is 2. The Morgan fingerprint density at radius 1 is 1.29 bits per heavy atom. The Hall–Kier alpha value is -3.09. The Bertz CT molecular complexity index is 1410. The lowest BCUT2D eigenvalue weighted by Gasteiger charge is -2.32. The monoisotopic (exact) mass is 479 g/mol. The van der Waals surface area contributed by atoms with Crippen LogP contribution in [0.2, 0.25) is 0 Å². The Kier molecular flexibility index (Phi) is 5.96. The maximum absolute atomic E-state index is 14.7. The molecule has 1 saturated heterocycles. The van der Waals surface area contributed by atoms with Crippen LogP contribution in [0.25, 0.3) is 32.9 Å². The number of benzene rings is 2. The lowest BCUT2D eigenvalue weighted by Crippen LogP contribution is -2.43. The number of nitrogens with zero attached hydrogens (tertiary/aromatic N) is 4. The average Bonchev–Trinajstić information content (AvgIpc) is 2.83. The number of anilines is 1.